The van der Waals surface area contributed by atoms with Crippen LogP contribution in [-0.2, 0) is 4.74 Å². The molecule has 0 N–H and O–H groups in total. The molecule has 3 rings (SSSR count). The highest BCUT2D eigenvalue weighted by Crippen LogP contribution is 2.43. The van der Waals surface area contributed by atoms with Crippen LogP contribution in [0.1, 0.15) is 52.5 Å². The van der Waals surface area contributed by atoms with E-state index in [1.165, 1.54) is 0 Å². The van der Waals surface area contributed by atoms with Gasteiger partial charge in [0, 0.05) is 49.4 Å². The Morgan fingerprint density at radius 3 is 2.40 bits per heavy atom. The maximum Gasteiger partial charge on any atom is 0.410 e. The highest BCUT2D eigenvalue weighted by Gasteiger charge is 2.48. The first kappa shape index (κ1) is 22.2. The number of nitro benzene ring substituents is 1. The van der Waals surface area contributed by atoms with Crippen LogP contribution < -0.4 is 9.64 Å². The van der Waals surface area contributed by atoms with E-state index in [9.17, 15) is 14.9 Å². The summed E-state index contributed by atoms with van der Waals surface area (Å²) in [5, 5.41) is 11.4. The normalized spacial score (nSPS) is 18.2. The van der Waals surface area contributed by atoms with Crippen LogP contribution in [0.25, 0.3) is 0 Å². The minimum atomic E-state index is -0.478. The Balaban J connectivity index is 1.64. The predicted molar refractivity (Wildman–Crippen MR) is 115 cm³/mol. The lowest BCUT2D eigenvalue weighted by molar-refractivity contribution is -0.385. The maximum absolute atomic E-state index is 12.2. The molecule has 8 nitrogen and oxygen atoms in total. The number of piperidine rings is 1. The molecule has 8 heteroatoms. The van der Waals surface area contributed by atoms with Crippen molar-refractivity contribution in [2.45, 2.75) is 59.5 Å². The molecule has 0 saturated carbocycles. The van der Waals surface area contributed by atoms with Gasteiger partial charge in [0.1, 0.15) is 5.60 Å². The van der Waals surface area contributed by atoms with Crippen molar-refractivity contribution in [3.63, 3.8) is 0 Å². The number of benzene rings is 1. The van der Waals surface area contributed by atoms with Crippen molar-refractivity contribution in [2.75, 3.05) is 37.7 Å². The number of hydrogen-bond acceptors (Lipinski definition) is 6. The third kappa shape index (κ3) is 4.79. The van der Waals surface area contributed by atoms with Gasteiger partial charge in [-0.25, -0.2) is 4.79 Å². The summed E-state index contributed by atoms with van der Waals surface area (Å²) in [4.78, 5) is 27.3. The molecule has 0 unspecified atom stereocenters. The molecule has 2 saturated heterocycles. The molecule has 0 bridgehead atoms. The van der Waals surface area contributed by atoms with Crippen LogP contribution in [-0.4, -0.2) is 54.3 Å². The molecule has 1 aromatic rings. The summed E-state index contributed by atoms with van der Waals surface area (Å²) in [6.45, 7) is 13.2. The van der Waals surface area contributed by atoms with E-state index in [4.69, 9.17) is 9.47 Å². The average molecular weight is 420 g/mol. The van der Waals surface area contributed by atoms with Crippen molar-refractivity contribution in [1.82, 2.24) is 4.90 Å². The number of aryl methyl sites for hydroxylation is 1. The number of carbonyl (C=O) groups is 1. The molecule has 2 heterocycles. The van der Waals surface area contributed by atoms with Crippen molar-refractivity contribution in [3.05, 3.63) is 27.8 Å². The van der Waals surface area contributed by atoms with E-state index in [-0.39, 0.29) is 22.1 Å². The Morgan fingerprint density at radius 1 is 1.23 bits per heavy atom. The first-order chi connectivity index (χ1) is 14.0. The van der Waals surface area contributed by atoms with Crippen molar-refractivity contribution in [3.8, 4) is 5.75 Å². The molecule has 2 aliphatic heterocycles. The fourth-order valence-electron chi connectivity index (χ4n) is 4.23. The van der Waals surface area contributed by atoms with Gasteiger partial charge in [0.05, 0.1) is 11.5 Å². The summed E-state index contributed by atoms with van der Waals surface area (Å²) in [6.07, 6.45) is 2.52. The Bertz CT molecular complexity index is 802. The molecule has 0 aliphatic carbocycles. The van der Waals surface area contributed by atoms with Crippen molar-refractivity contribution < 1.29 is 19.2 Å². The number of rotatable bonds is 5. The summed E-state index contributed by atoms with van der Waals surface area (Å²) in [7, 11) is 0. The van der Waals surface area contributed by atoms with Gasteiger partial charge in [-0.1, -0.05) is 6.92 Å². The van der Waals surface area contributed by atoms with Crippen LogP contribution in [0.2, 0.25) is 0 Å². The van der Waals surface area contributed by atoms with Gasteiger partial charge in [-0.2, -0.15) is 0 Å². The van der Waals surface area contributed by atoms with Crippen LogP contribution in [0.5, 0.6) is 5.75 Å². The third-order valence-electron chi connectivity index (χ3n) is 5.80. The Hall–Kier alpha value is -2.51. The number of likely N-dealkylation sites (tertiary alicyclic amines) is 1. The summed E-state index contributed by atoms with van der Waals surface area (Å²) in [5.74, 6) is 0.336. The van der Waals surface area contributed by atoms with Gasteiger partial charge in [-0.15, -0.1) is 0 Å². The van der Waals surface area contributed by atoms with Gasteiger partial charge < -0.3 is 19.3 Å². The van der Waals surface area contributed by atoms with Gasteiger partial charge in [-0.3, -0.25) is 10.1 Å². The molecule has 2 aliphatic rings. The van der Waals surface area contributed by atoms with Gasteiger partial charge >= 0.3 is 11.8 Å². The van der Waals surface area contributed by atoms with Crippen molar-refractivity contribution in [1.29, 1.82) is 0 Å². The quantitative estimate of drug-likeness (QED) is 0.515. The molecule has 0 radical (unpaired) electrons. The van der Waals surface area contributed by atoms with E-state index in [1.807, 2.05) is 40.7 Å². The number of carbonyl (C=O) groups excluding carboxylic acids is 1. The smallest absolute Gasteiger partial charge is 0.410 e. The molecule has 0 aromatic heterocycles. The highest BCUT2D eigenvalue weighted by molar-refractivity contribution is 5.69. The number of hydrogen-bond donors (Lipinski definition) is 0. The zero-order valence-electron chi connectivity index (χ0n) is 18.7. The molecule has 1 spiro atoms. The van der Waals surface area contributed by atoms with E-state index in [0.29, 0.717) is 12.4 Å². The first-order valence-electron chi connectivity index (χ1n) is 10.7. The average Bonchev–Trinajstić information content (AvgIpc) is 2.63. The Kier molecular flexibility index (Phi) is 6.15. The van der Waals surface area contributed by atoms with E-state index in [2.05, 4.69) is 4.90 Å². The summed E-state index contributed by atoms with van der Waals surface area (Å²) in [5.41, 5.74) is 1.57. The number of ether oxygens (including phenoxy) is 2. The van der Waals surface area contributed by atoms with Crippen LogP contribution >= 0.6 is 0 Å². The minimum Gasteiger partial charge on any atom is -0.487 e. The third-order valence-corrected chi connectivity index (χ3v) is 5.80. The molecule has 166 valence electrons. The molecule has 2 fully saturated rings. The second-order valence-electron chi connectivity index (χ2n) is 9.54. The number of amides is 1. The number of nitro groups is 1. The minimum absolute atomic E-state index is 0.0187. The zero-order valence-corrected chi connectivity index (χ0v) is 18.7. The molecule has 1 aromatic carbocycles. The second kappa shape index (κ2) is 8.32. The predicted octanol–water partition coefficient (Wildman–Crippen LogP) is 4.53. The van der Waals surface area contributed by atoms with Gasteiger partial charge in [-0.05, 0) is 52.5 Å². The lowest BCUT2D eigenvalue weighted by Gasteiger charge is -2.54. The van der Waals surface area contributed by atoms with Crippen LogP contribution in [0, 0.1) is 22.5 Å². The van der Waals surface area contributed by atoms with Crippen LogP contribution in [0.3, 0.4) is 0 Å². The Labute approximate surface area is 178 Å². The highest BCUT2D eigenvalue weighted by atomic mass is 16.6. The van der Waals surface area contributed by atoms with Gasteiger partial charge in [0.2, 0.25) is 0 Å². The van der Waals surface area contributed by atoms with E-state index < -0.39 is 5.60 Å². The van der Waals surface area contributed by atoms with Gasteiger partial charge in [0.15, 0.2) is 5.75 Å². The standard InChI is InChI=1S/C22H33N3O5/c1-6-11-29-19-13-17(16(2)12-18(19)25(27)28)23-9-7-22(8-10-23)14-24(15-22)20(26)30-21(3,4)5/h12-13H,6-11,14-15H2,1-5H3. The fourth-order valence-corrected chi connectivity index (χ4v) is 4.23. The van der Waals surface area contributed by atoms with E-state index in [0.717, 1.165) is 56.7 Å². The van der Waals surface area contributed by atoms with Crippen LogP contribution in [0.4, 0.5) is 16.2 Å². The number of nitrogens with zero attached hydrogens (tertiary/aromatic N) is 3. The van der Waals surface area contributed by atoms with Crippen molar-refractivity contribution >= 4 is 17.5 Å². The maximum atomic E-state index is 12.2. The lowest BCUT2D eigenvalue weighted by Crippen LogP contribution is -2.62. The lowest BCUT2D eigenvalue weighted by atomic mass is 9.72. The molecule has 30 heavy (non-hydrogen) atoms. The first-order valence-corrected chi connectivity index (χ1v) is 10.7. The molecule has 1 amide bonds. The SMILES string of the molecule is CCCOc1cc(N2CCC3(CC2)CN(C(=O)OC(C)(C)C)C3)c(C)cc1[N+](=O)[O-]. The monoisotopic (exact) mass is 419 g/mol. The zero-order chi connectivity index (χ0) is 22.1. The van der Waals surface area contributed by atoms with Crippen molar-refractivity contribution in [2.24, 2.45) is 5.41 Å². The molecular formula is C22H33N3O5. The summed E-state index contributed by atoms with van der Waals surface area (Å²) >= 11 is 0. The summed E-state index contributed by atoms with van der Waals surface area (Å²) in [6, 6.07) is 3.42. The van der Waals surface area contributed by atoms with Gasteiger partial charge in [0.25, 0.3) is 0 Å². The Morgan fingerprint density at radius 2 is 1.87 bits per heavy atom. The molecule has 0 atom stereocenters. The van der Waals surface area contributed by atoms with E-state index >= 15 is 0 Å². The fraction of sp³-hybridized carbons (Fsp3) is 0.682. The van der Waals surface area contributed by atoms with E-state index in [1.54, 1.807) is 11.0 Å². The molecular weight excluding hydrogens is 386 g/mol. The van der Waals surface area contributed by atoms with Crippen LogP contribution in [0.15, 0.2) is 12.1 Å². The summed E-state index contributed by atoms with van der Waals surface area (Å²) < 4.78 is 11.1. The number of anilines is 1. The largest absolute Gasteiger partial charge is 0.487 e. The topological polar surface area (TPSA) is 85.2 Å². The second-order valence-corrected chi connectivity index (χ2v) is 9.54.